The lowest BCUT2D eigenvalue weighted by atomic mass is 10.1. The van der Waals surface area contributed by atoms with Crippen LogP contribution in [0.2, 0.25) is 0 Å². The minimum Gasteiger partial charge on any atom is -0.493 e. The van der Waals surface area contributed by atoms with Crippen LogP contribution in [0.3, 0.4) is 0 Å². The van der Waals surface area contributed by atoms with Crippen LogP contribution in [0.1, 0.15) is 0 Å². The summed E-state index contributed by atoms with van der Waals surface area (Å²) in [5.74, 6) is 2.14. The molecule has 0 saturated carbocycles. The highest BCUT2D eigenvalue weighted by Crippen LogP contribution is 2.40. The van der Waals surface area contributed by atoms with Gasteiger partial charge >= 0.3 is 5.63 Å². The lowest BCUT2D eigenvalue weighted by Gasteiger charge is -2.12. The summed E-state index contributed by atoms with van der Waals surface area (Å²) in [4.78, 5) is 21.5. The van der Waals surface area contributed by atoms with Gasteiger partial charge in [0.15, 0.2) is 17.3 Å². The van der Waals surface area contributed by atoms with Crippen molar-refractivity contribution < 1.29 is 18.6 Å². The first kappa shape index (κ1) is 19.6. The van der Waals surface area contributed by atoms with Gasteiger partial charge in [0.2, 0.25) is 5.75 Å². The largest absolute Gasteiger partial charge is 0.493 e. The normalized spacial score (nSPS) is 11.1. The second-order valence-electron chi connectivity index (χ2n) is 6.88. The maximum atomic E-state index is 12.7. The fraction of sp³-hybridized carbons (Fsp3) is 0.130. The molecule has 0 amide bonds. The highest BCUT2D eigenvalue weighted by atomic mass is 16.5. The number of benzene rings is 2. The van der Waals surface area contributed by atoms with Gasteiger partial charge in [-0.05, 0) is 30.3 Å². The smallest absolute Gasteiger partial charge is 0.345 e. The van der Waals surface area contributed by atoms with Crippen molar-refractivity contribution in [3.63, 3.8) is 0 Å². The molecule has 0 N–H and O–H groups in total. The van der Waals surface area contributed by atoms with E-state index in [1.807, 2.05) is 18.2 Å². The predicted octanol–water partition coefficient (Wildman–Crippen LogP) is 3.59. The zero-order valence-electron chi connectivity index (χ0n) is 17.5. The minimum absolute atomic E-state index is 0.332. The number of nitrogens with zero attached hydrogens (tertiary/aromatic N) is 4. The number of fused-ring (bicyclic) bond motifs is 2. The first-order valence-corrected chi connectivity index (χ1v) is 9.68. The number of hydrogen-bond acceptors (Lipinski definition) is 8. The van der Waals surface area contributed by atoms with E-state index >= 15 is 0 Å². The van der Waals surface area contributed by atoms with Crippen LogP contribution < -0.4 is 19.8 Å². The zero-order valence-corrected chi connectivity index (χ0v) is 17.5. The van der Waals surface area contributed by atoms with E-state index in [1.54, 1.807) is 36.5 Å². The van der Waals surface area contributed by atoms with Gasteiger partial charge in [-0.3, -0.25) is 0 Å². The van der Waals surface area contributed by atoms with Crippen molar-refractivity contribution in [1.29, 1.82) is 0 Å². The number of aromatic nitrogens is 4. The molecule has 0 atom stereocenters. The van der Waals surface area contributed by atoms with E-state index < -0.39 is 5.63 Å². The van der Waals surface area contributed by atoms with Gasteiger partial charge < -0.3 is 18.6 Å². The first-order valence-electron chi connectivity index (χ1n) is 9.68. The van der Waals surface area contributed by atoms with E-state index in [0.717, 1.165) is 5.39 Å². The maximum absolute atomic E-state index is 12.7. The second kappa shape index (κ2) is 7.69. The Morgan fingerprint density at radius 1 is 0.938 bits per heavy atom. The lowest BCUT2D eigenvalue weighted by Crippen LogP contribution is -2.07. The predicted molar refractivity (Wildman–Crippen MR) is 117 cm³/mol. The number of para-hydroxylation sites is 1. The summed E-state index contributed by atoms with van der Waals surface area (Å²) in [6.45, 7) is 0. The van der Waals surface area contributed by atoms with Gasteiger partial charge in [0, 0.05) is 17.1 Å². The number of hydrogen-bond donors (Lipinski definition) is 0. The molecule has 32 heavy (non-hydrogen) atoms. The molecular formula is C23H18N4O5. The summed E-state index contributed by atoms with van der Waals surface area (Å²) >= 11 is 0. The Kier molecular flexibility index (Phi) is 4.70. The molecule has 0 radical (unpaired) electrons. The zero-order chi connectivity index (χ0) is 22.2. The Hall–Kier alpha value is -4.40. The van der Waals surface area contributed by atoms with Crippen LogP contribution in [0.15, 0.2) is 63.9 Å². The third kappa shape index (κ3) is 3.11. The van der Waals surface area contributed by atoms with Gasteiger partial charge in [0.1, 0.15) is 5.58 Å². The van der Waals surface area contributed by atoms with Gasteiger partial charge in [0.25, 0.3) is 5.78 Å². The van der Waals surface area contributed by atoms with Crippen LogP contribution in [0.5, 0.6) is 17.2 Å². The second-order valence-corrected chi connectivity index (χ2v) is 6.88. The van der Waals surface area contributed by atoms with Crippen LogP contribution in [0.25, 0.3) is 39.4 Å². The SMILES string of the molecule is COc1cc(-c2nc3nccc(-c4cc5ccccc5oc4=O)n3n2)cc(OC)c1OC. The van der Waals surface area contributed by atoms with Gasteiger partial charge in [-0.25, -0.2) is 9.78 Å². The molecule has 9 heteroatoms. The average Bonchev–Trinajstić information content (AvgIpc) is 3.27. The van der Waals surface area contributed by atoms with E-state index in [1.165, 1.54) is 25.8 Å². The summed E-state index contributed by atoms with van der Waals surface area (Å²) in [5.41, 5.74) is 1.56. The maximum Gasteiger partial charge on any atom is 0.345 e. The van der Waals surface area contributed by atoms with Crippen LogP contribution in [0.4, 0.5) is 0 Å². The van der Waals surface area contributed by atoms with Crippen LogP contribution in [0, 0.1) is 0 Å². The summed E-state index contributed by atoms with van der Waals surface area (Å²) in [6, 6.07) is 14.3. The van der Waals surface area contributed by atoms with E-state index in [0.29, 0.717) is 51.3 Å². The molecule has 0 saturated heterocycles. The van der Waals surface area contributed by atoms with Crippen molar-refractivity contribution in [3.8, 4) is 39.9 Å². The molecule has 0 bridgehead atoms. The van der Waals surface area contributed by atoms with Crippen molar-refractivity contribution in [2.75, 3.05) is 21.3 Å². The molecule has 5 rings (SSSR count). The standard InChI is InChI=1S/C23H18N4O5/c1-29-18-11-14(12-19(30-2)20(18)31-3)21-25-23-24-9-8-16(27(23)26-21)15-10-13-6-4-5-7-17(13)32-22(15)28/h4-12H,1-3H3. The molecule has 2 aromatic carbocycles. The lowest BCUT2D eigenvalue weighted by molar-refractivity contribution is 0.324. The minimum atomic E-state index is -0.471. The van der Waals surface area contributed by atoms with Crippen molar-refractivity contribution in [2.45, 2.75) is 0 Å². The number of rotatable bonds is 5. The summed E-state index contributed by atoms with van der Waals surface area (Å²) in [7, 11) is 4.61. The summed E-state index contributed by atoms with van der Waals surface area (Å²) in [5, 5.41) is 5.40. The van der Waals surface area contributed by atoms with E-state index in [9.17, 15) is 4.79 Å². The topological polar surface area (TPSA) is 101 Å². The van der Waals surface area contributed by atoms with E-state index in [-0.39, 0.29) is 0 Å². The molecule has 0 aliphatic heterocycles. The number of methoxy groups -OCH3 is 3. The molecule has 0 aliphatic rings. The van der Waals surface area contributed by atoms with Crippen molar-refractivity contribution >= 4 is 16.7 Å². The Labute approximate surface area is 181 Å². The van der Waals surface area contributed by atoms with Gasteiger partial charge in [-0.2, -0.15) is 9.50 Å². The highest BCUT2D eigenvalue weighted by Gasteiger charge is 2.19. The fourth-order valence-electron chi connectivity index (χ4n) is 3.57. The molecule has 9 nitrogen and oxygen atoms in total. The fourth-order valence-corrected chi connectivity index (χ4v) is 3.57. The third-order valence-corrected chi connectivity index (χ3v) is 5.08. The van der Waals surface area contributed by atoms with E-state index in [4.69, 9.17) is 18.6 Å². The van der Waals surface area contributed by atoms with Gasteiger partial charge in [-0.1, -0.05) is 18.2 Å². The van der Waals surface area contributed by atoms with Crippen LogP contribution in [-0.4, -0.2) is 40.9 Å². The quantitative estimate of drug-likeness (QED) is 0.390. The molecule has 0 fully saturated rings. The molecule has 0 aliphatic carbocycles. The van der Waals surface area contributed by atoms with Gasteiger partial charge in [-0.15, -0.1) is 5.10 Å². The summed E-state index contributed by atoms with van der Waals surface area (Å²) < 4.78 is 23.2. The molecule has 0 spiro atoms. The molecule has 5 aromatic rings. The molecule has 0 unspecified atom stereocenters. The van der Waals surface area contributed by atoms with Crippen molar-refractivity contribution in [3.05, 3.63) is 65.1 Å². The monoisotopic (exact) mass is 430 g/mol. The van der Waals surface area contributed by atoms with Gasteiger partial charge in [0.05, 0.1) is 32.6 Å². The Morgan fingerprint density at radius 3 is 2.41 bits per heavy atom. The Bertz CT molecular complexity index is 1500. The molecular weight excluding hydrogens is 412 g/mol. The Balaban J connectivity index is 1.70. The average molecular weight is 430 g/mol. The molecule has 160 valence electrons. The van der Waals surface area contributed by atoms with Crippen molar-refractivity contribution in [1.82, 2.24) is 19.6 Å². The Morgan fingerprint density at radius 2 is 1.69 bits per heavy atom. The van der Waals surface area contributed by atoms with E-state index in [2.05, 4.69) is 15.1 Å². The molecule has 3 heterocycles. The van der Waals surface area contributed by atoms with Crippen LogP contribution in [-0.2, 0) is 0 Å². The highest BCUT2D eigenvalue weighted by molar-refractivity contribution is 5.81. The van der Waals surface area contributed by atoms with Crippen LogP contribution >= 0.6 is 0 Å². The first-order chi connectivity index (χ1) is 15.6. The number of ether oxygens (including phenoxy) is 3. The third-order valence-electron chi connectivity index (χ3n) is 5.08. The summed E-state index contributed by atoms with van der Waals surface area (Å²) in [6.07, 6.45) is 1.58. The van der Waals surface area contributed by atoms with Crippen molar-refractivity contribution in [2.24, 2.45) is 0 Å². The molecule has 3 aromatic heterocycles.